The van der Waals surface area contributed by atoms with Crippen molar-refractivity contribution in [3.63, 3.8) is 0 Å². The number of halogens is 2. The molecule has 6 nitrogen and oxygen atoms in total. The number of nitrogens with zero attached hydrogens (tertiary/aromatic N) is 1. The molecule has 8 heteroatoms. The van der Waals surface area contributed by atoms with Crippen LogP contribution in [0, 0.1) is 0 Å². The lowest BCUT2D eigenvalue weighted by Gasteiger charge is -2.39. The minimum absolute atomic E-state index is 0. The molecule has 2 rings (SSSR count). The molecule has 0 aliphatic carbocycles. The maximum absolute atomic E-state index is 6.30. The second-order valence-electron chi connectivity index (χ2n) is 7.48. The van der Waals surface area contributed by atoms with Gasteiger partial charge in [0.1, 0.15) is 5.75 Å². The van der Waals surface area contributed by atoms with Gasteiger partial charge in [0.25, 0.3) is 0 Å². The summed E-state index contributed by atoms with van der Waals surface area (Å²) >= 11 is 6.30. The van der Waals surface area contributed by atoms with Gasteiger partial charge in [-0.15, -0.1) is 24.0 Å². The minimum atomic E-state index is -0.274. The van der Waals surface area contributed by atoms with Gasteiger partial charge >= 0.3 is 0 Å². The van der Waals surface area contributed by atoms with Gasteiger partial charge in [-0.25, -0.2) is 0 Å². The van der Waals surface area contributed by atoms with Gasteiger partial charge in [-0.05, 0) is 44.9 Å². The molecule has 2 N–H and O–H groups in total. The van der Waals surface area contributed by atoms with E-state index in [9.17, 15) is 0 Å². The van der Waals surface area contributed by atoms with Gasteiger partial charge in [-0.1, -0.05) is 11.6 Å². The average molecular weight is 526 g/mol. The standard InChI is InChI=1S/C20H32ClN3O3.HI/c1-19(2,26-5)13-23-18(22-3)24-14-20(8-10-27-11-9-20)16-12-15(21)6-7-17(16)25-4;/h6-7,12H,8-11,13-14H2,1-5H3,(H2,22,23,24);1H. The van der Waals surface area contributed by atoms with Gasteiger partial charge in [-0.3, -0.25) is 4.99 Å². The molecule has 0 amide bonds. The van der Waals surface area contributed by atoms with E-state index in [-0.39, 0.29) is 35.0 Å². The first-order valence-electron chi connectivity index (χ1n) is 9.27. The van der Waals surface area contributed by atoms with Gasteiger partial charge in [-0.2, -0.15) is 0 Å². The summed E-state index contributed by atoms with van der Waals surface area (Å²) in [5.74, 6) is 1.60. The van der Waals surface area contributed by atoms with Gasteiger partial charge < -0.3 is 24.8 Å². The third kappa shape index (κ3) is 6.64. The Morgan fingerprint density at radius 1 is 1.25 bits per heavy atom. The number of methoxy groups -OCH3 is 2. The first-order valence-corrected chi connectivity index (χ1v) is 9.65. The molecule has 28 heavy (non-hydrogen) atoms. The van der Waals surface area contributed by atoms with E-state index in [0.717, 1.165) is 30.1 Å². The second-order valence-corrected chi connectivity index (χ2v) is 7.92. The largest absolute Gasteiger partial charge is 0.496 e. The fraction of sp³-hybridized carbons (Fsp3) is 0.650. The van der Waals surface area contributed by atoms with E-state index >= 15 is 0 Å². The van der Waals surface area contributed by atoms with Crippen molar-refractivity contribution in [2.24, 2.45) is 4.99 Å². The first-order chi connectivity index (χ1) is 12.9. The zero-order valence-corrected chi connectivity index (χ0v) is 20.5. The molecule has 0 aromatic heterocycles. The van der Waals surface area contributed by atoms with Crippen LogP contribution in [-0.4, -0.2) is 59.1 Å². The molecule has 0 saturated carbocycles. The van der Waals surface area contributed by atoms with Crippen molar-refractivity contribution in [1.29, 1.82) is 0 Å². The van der Waals surface area contributed by atoms with E-state index in [4.69, 9.17) is 25.8 Å². The van der Waals surface area contributed by atoms with E-state index in [1.165, 1.54) is 0 Å². The molecule has 160 valence electrons. The normalized spacial score (nSPS) is 16.9. The molecular weight excluding hydrogens is 493 g/mol. The van der Waals surface area contributed by atoms with Crippen LogP contribution in [0.25, 0.3) is 0 Å². The van der Waals surface area contributed by atoms with Crippen molar-refractivity contribution >= 4 is 41.5 Å². The van der Waals surface area contributed by atoms with Gasteiger partial charge in [0.05, 0.1) is 12.7 Å². The number of hydrogen-bond acceptors (Lipinski definition) is 4. The topological polar surface area (TPSA) is 64.1 Å². The molecule has 1 aliphatic rings. The number of benzene rings is 1. The summed E-state index contributed by atoms with van der Waals surface area (Å²) in [4.78, 5) is 4.35. The van der Waals surface area contributed by atoms with E-state index in [1.54, 1.807) is 21.3 Å². The summed E-state index contributed by atoms with van der Waals surface area (Å²) < 4.78 is 16.7. The molecule has 1 heterocycles. The Morgan fingerprint density at radius 3 is 2.50 bits per heavy atom. The molecule has 0 radical (unpaired) electrons. The number of rotatable bonds is 7. The van der Waals surface area contributed by atoms with Crippen LogP contribution in [0.5, 0.6) is 5.75 Å². The van der Waals surface area contributed by atoms with Crippen molar-refractivity contribution in [2.45, 2.75) is 37.7 Å². The number of aliphatic imine (C=N–C) groups is 1. The number of guanidine groups is 1. The van der Waals surface area contributed by atoms with Crippen molar-refractivity contribution in [3.05, 3.63) is 28.8 Å². The quantitative estimate of drug-likeness (QED) is 0.324. The van der Waals surface area contributed by atoms with Crippen LogP contribution in [0.1, 0.15) is 32.3 Å². The Labute approximate surface area is 190 Å². The molecular formula is C20H33ClIN3O3. The molecule has 0 unspecified atom stereocenters. The molecule has 1 aromatic carbocycles. The third-order valence-electron chi connectivity index (χ3n) is 5.23. The first kappa shape index (κ1) is 25.3. The smallest absolute Gasteiger partial charge is 0.191 e. The third-order valence-corrected chi connectivity index (χ3v) is 5.47. The fourth-order valence-electron chi connectivity index (χ4n) is 3.24. The highest BCUT2D eigenvalue weighted by Gasteiger charge is 2.37. The van der Waals surface area contributed by atoms with Crippen LogP contribution in [0.15, 0.2) is 23.2 Å². The molecule has 1 aliphatic heterocycles. The molecule has 1 aromatic rings. The summed E-state index contributed by atoms with van der Waals surface area (Å²) in [5.41, 5.74) is 0.702. The van der Waals surface area contributed by atoms with Crippen molar-refractivity contribution < 1.29 is 14.2 Å². The maximum atomic E-state index is 6.30. The zero-order chi connectivity index (χ0) is 19.9. The summed E-state index contributed by atoms with van der Waals surface area (Å²) in [6.45, 7) is 6.84. The number of hydrogen-bond donors (Lipinski definition) is 2. The van der Waals surface area contributed by atoms with Crippen LogP contribution in [0.3, 0.4) is 0 Å². The van der Waals surface area contributed by atoms with E-state index in [1.807, 2.05) is 32.0 Å². The maximum Gasteiger partial charge on any atom is 0.191 e. The predicted molar refractivity (Wildman–Crippen MR) is 126 cm³/mol. The van der Waals surface area contributed by atoms with Crippen LogP contribution in [0.4, 0.5) is 0 Å². The molecule has 0 bridgehead atoms. The summed E-state index contributed by atoms with van der Waals surface area (Å²) in [5, 5.41) is 7.52. The number of ether oxygens (including phenoxy) is 3. The monoisotopic (exact) mass is 525 g/mol. The SMILES string of the molecule is CN=C(NCC(C)(C)OC)NCC1(c2cc(Cl)ccc2OC)CCOCC1.I. The lowest BCUT2D eigenvalue weighted by atomic mass is 9.73. The van der Waals surface area contributed by atoms with Gasteiger partial charge in [0.2, 0.25) is 0 Å². The Balaban J connectivity index is 0.00000392. The predicted octanol–water partition coefficient (Wildman–Crippen LogP) is 3.60. The van der Waals surface area contributed by atoms with Crippen LogP contribution in [-0.2, 0) is 14.9 Å². The molecule has 0 spiro atoms. The van der Waals surface area contributed by atoms with Crippen molar-refractivity contribution in [3.8, 4) is 5.75 Å². The molecule has 1 fully saturated rings. The van der Waals surface area contributed by atoms with E-state index in [0.29, 0.717) is 31.3 Å². The van der Waals surface area contributed by atoms with Crippen LogP contribution < -0.4 is 15.4 Å². The van der Waals surface area contributed by atoms with Gasteiger partial charge in [0, 0.05) is 56.5 Å². The Hall–Kier alpha value is -0.770. The fourth-order valence-corrected chi connectivity index (χ4v) is 3.41. The lowest BCUT2D eigenvalue weighted by molar-refractivity contribution is 0.0267. The second kappa shape index (κ2) is 11.4. The zero-order valence-electron chi connectivity index (χ0n) is 17.4. The van der Waals surface area contributed by atoms with Gasteiger partial charge in [0.15, 0.2) is 5.96 Å². The van der Waals surface area contributed by atoms with E-state index < -0.39 is 0 Å². The lowest BCUT2D eigenvalue weighted by Crippen LogP contribution is -2.50. The van der Waals surface area contributed by atoms with Crippen LogP contribution in [0.2, 0.25) is 5.02 Å². The Morgan fingerprint density at radius 2 is 1.93 bits per heavy atom. The summed E-state index contributed by atoms with van der Waals surface area (Å²) in [6, 6.07) is 5.80. The highest BCUT2D eigenvalue weighted by molar-refractivity contribution is 14.0. The average Bonchev–Trinajstić information content (AvgIpc) is 2.68. The Kier molecular flexibility index (Phi) is 10.3. The van der Waals surface area contributed by atoms with Crippen molar-refractivity contribution in [1.82, 2.24) is 10.6 Å². The van der Waals surface area contributed by atoms with E-state index in [2.05, 4.69) is 15.6 Å². The molecule has 1 saturated heterocycles. The van der Waals surface area contributed by atoms with Crippen molar-refractivity contribution in [2.75, 3.05) is 47.6 Å². The number of nitrogens with one attached hydrogen (secondary N) is 2. The Bertz CT molecular complexity index is 650. The highest BCUT2D eigenvalue weighted by atomic mass is 127. The highest BCUT2D eigenvalue weighted by Crippen LogP contribution is 2.40. The van der Waals surface area contributed by atoms with Crippen LogP contribution >= 0.6 is 35.6 Å². The summed E-state index contributed by atoms with van der Waals surface area (Å²) in [6.07, 6.45) is 1.77. The summed E-state index contributed by atoms with van der Waals surface area (Å²) in [7, 11) is 5.17. The molecule has 0 atom stereocenters. The minimum Gasteiger partial charge on any atom is -0.496 e.